The molecule has 0 spiro atoms. The van der Waals surface area contributed by atoms with Gasteiger partial charge in [-0.3, -0.25) is 4.79 Å². The first-order valence-corrected chi connectivity index (χ1v) is 3.44. The Hall–Kier alpha value is -1.90. The zero-order chi connectivity index (χ0) is 10.7. The van der Waals surface area contributed by atoms with Gasteiger partial charge in [-0.25, -0.2) is 13.8 Å². The van der Waals surface area contributed by atoms with Gasteiger partial charge in [0.15, 0.2) is 12.0 Å². The number of aldehydes is 1. The number of hydrogen-bond acceptors (Lipinski definition) is 3. The van der Waals surface area contributed by atoms with E-state index in [1.54, 1.807) is 0 Å². The number of carbonyl (C=O) groups excluding carboxylic acids is 1. The number of nitriles is 1. The van der Waals surface area contributed by atoms with E-state index in [1.807, 2.05) is 0 Å². The summed E-state index contributed by atoms with van der Waals surface area (Å²) in [5.41, 5.74) is -2.01. The molecule has 1 aromatic heterocycles. The molecule has 72 valence electrons. The lowest BCUT2D eigenvalue weighted by molar-refractivity contribution is 0.110. The lowest BCUT2D eigenvalue weighted by Crippen LogP contribution is -2.02. The van der Waals surface area contributed by atoms with Crippen LogP contribution in [0.1, 0.15) is 28.0 Å². The van der Waals surface area contributed by atoms with Gasteiger partial charge in [0.25, 0.3) is 6.43 Å². The third-order valence-corrected chi connectivity index (χ3v) is 1.52. The predicted molar refractivity (Wildman–Crippen MR) is 39.3 cm³/mol. The van der Waals surface area contributed by atoms with Crippen molar-refractivity contribution in [2.75, 3.05) is 0 Å². The molecular formula is C8H3F3N2O. The molecule has 0 bridgehead atoms. The Labute approximate surface area is 76.8 Å². The van der Waals surface area contributed by atoms with Gasteiger partial charge in [-0.2, -0.15) is 9.65 Å². The predicted octanol–water partition coefficient (Wildman–Crippen LogP) is 1.84. The standard InChI is InChI=1S/C8H3F3N2O/c9-7-1-4(8(10)11)5(3-14)6(2-12)13-7/h1,3,8H. The number of pyridine rings is 1. The SMILES string of the molecule is N#Cc1nc(F)cc(C(F)F)c1C=O. The van der Waals surface area contributed by atoms with Crippen molar-refractivity contribution in [3.05, 3.63) is 28.8 Å². The van der Waals surface area contributed by atoms with E-state index in [4.69, 9.17) is 5.26 Å². The molecule has 0 aliphatic rings. The third kappa shape index (κ3) is 1.71. The van der Waals surface area contributed by atoms with Gasteiger partial charge in [0.1, 0.15) is 6.07 Å². The minimum absolute atomic E-state index is 0.0620. The summed E-state index contributed by atoms with van der Waals surface area (Å²) >= 11 is 0. The highest BCUT2D eigenvalue weighted by Gasteiger charge is 2.18. The number of hydrogen-bond donors (Lipinski definition) is 0. The molecule has 14 heavy (non-hydrogen) atoms. The van der Waals surface area contributed by atoms with E-state index >= 15 is 0 Å². The fraction of sp³-hybridized carbons (Fsp3) is 0.125. The van der Waals surface area contributed by atoms with Crippen molar-refractivity contribution < 1.29 is 18.0 Å². The van der Waals surface area contributed by atoms with Gasteiger partial charge in [-0.15, -0.1) is 0 Å². The maximum Gasteiger partial charge on any atom is 0.264 e. The van der Waals surface area contributed by atoms with Gasteiger partial charge in [-0.1, -0.05) is 0 Å². The van der Waals surface area contributed by atoms with Crippen LogP contribution in [0.2, 0.25) is 0 Å². The van der Waals surface area contributed by atoms with Crippen LogP contribution in [0.4, 0.5) is 13.2 Å². The van der Waals surface area contributed by atoms with Crippen molar-refractivity contribution >= 4 is 6.29 Å². The highest BCUT2D eigenvalue weighted by Crippen LogP contribution is 2.23. The maximum atomic E-state index is 12.6. The molecule has 1 aromatic rings. The maximum absolute atomic E-state index is 12.6. The Bertz CT molecular complexity index is 412. The largest absolute Gasteiger partial charge is 0.298 e. The monoisotopic (exact) mass is 200 g/mol. The second kappa shape index (κ2) is 3.87. The molecule has 0 unspecified atom stereocenters. The highest BCUT2D eigenvalue weighted by atomic mass is 19.3. The number of halogens is 3. The van der Waals surface area contributed by atoms with Crippen LogP contribution >= 0.6 is 0 Å². The topological polar surface area (TPSA) is 53.8 Å². The number of aromatic nitrogens is 1. The minimum atomic E-state index is -3.01. The molecular weight excluding hydrogens is 197 g/mol. The molecule has 0 radical (unpaired) electrons. The average molecular weight is 200 g/mol. The Balaban J connectivity index is 3.49. The van der Waals surface area contributed by atoms with Crippen LogP contribution in [0.5, 0.6) is 0 Å². The molecule has 1 rings (SSSR count). The zero-order valence-corrected chi connectivity index (χ0v) is 6.67. The lowest BCUT2D eigenvalue weighted by atomic mass is 10.1. The molecule has 0 atom stereocenters. The molecule has 1 heterocycles. The molecule has 0 amide bonds. The van der Waals surface area contributed by atoms with Crippen molar-refractivity contribution in [3.63, 3.8) is 0 Å². The van der Waals surface area contributed by atoms with Crippen molar-refractivity contribution in [3.8, 4) is 6.07 Å². The van der Waals surface area contributed by atoms with Crippen LogP contribution in [-0.2, 0) is 0 Å². The van der Waals surface area contributed by atoms with Gasteiger partial charge in [0.2, 0.25) is 5.95 Å². The average Bonchev–Trinajstić information content (AvgIpc) is 2.16. The van der Waals surface area contributed by atoms with Crippen molar-refractivity contribution in [2.45, 2.75) is 6.43 Å². The normalized spacial score (nSPS) is 9.93. The minimum Gasteiger partial charge on any atom is -0.298 e. The smallest absolute Gasteiger partial charge is 0.264 e. The molecule has 3 nitrogen and oxygen atoms in total. The first kappa shape index (κ1) is 10.2. The van der Waals surface area contributed by atoms with Gasteiger partial charge in [0.05, 0.1) is 5.56 Å². The summed E-state index contributed by atoms with van der Waals surface area (Å²) in [5, 5.41) is 8.40. The van der Waals surface area contributed by atoms with Gasteiger partial charge in [0, 0.05) is 11.6 Å². The van der Waals surface area contributed by atoms with Gasteiger partial charge >= 0.3 is 0 Å². The van der Waals surface area contributed by atoms with Crippen LogP contribution in [0.3, 0.4) is 0 Å². The van der Waals surface area contributed by atoms with Crippen molar-refractivity contribution in [1.82, 2.24) is 4.98 Å². The molecule has 0 aliphatic heterocycles. The van der Waals surface area contributed by atoms with E-state index in [2.05, 4.69) is 4.98 Å². The Morgan fingerprint density at radius 2 is 2.21 bits per heavy atom. The van der Waals surface area contributed by atoms with E-state index in [1.165, 1.54) is 6.07 Å². The first-order chi connectivity index (χ1) is 6.60. The van der Waals surface area contributed by atoms with E-state index in [0.29, 0.717) is 6.07 Å². The summed E-state index contributed by atoms with van der Waals surface area (Å²) in [5.74, 6) is -1.21. The second-order valence-corrected chi connectivity index (χ2v) is 2.33. The molecule has 0 aromatic carbocycles. The number of alkyl halides is 2. The van der Waals surface area contributed by atoms with Gasteiger partial charge in [-0.05, 0) is 0 Å². The lowest BCUT2D eigenvalue weighted by Gasteiger charge is -2.03. The quantitative estimate of drug-likeness (QED) is 0.540. The Morgan fingerprint density at radius 1 is 1.57 bits per heavy atom. The van der Waals surface area contributed by atoms with E-state index in [-0.39, 0.29) is 6.29 Å². The molecule has 6 heteroatoms. The number of nitrogens with zero attached hydrogens (tertiary/aromatic N) is 2. The van der Waals surface area contributed by atoms with Crippen LogP contribution in [0.25, 0.3) is 0 Å². The van der Waals surface area contributed by atoms with Crippen molar-refractivity contribution in [1.29, 1.82) is 5.26 Å². The molecule has 0 aliphatic carbocycles. The second-order valence-electron chi connectivity index (χ2n) is 2.33. The van der Waals surface area contributed by atoms with E-state index < -0.39 is 29.2 Å². The summed E-state index contributed by atoms with van der Waals surface area (Å²) < 4.78 is 37.1. The van der Waals surface area contributed by atoms with Crippen LogP contribution < -0.4 is 0 Å². The Morgan fingerprint density at radius 3 is 2.64 bits per heavy atom. The fourth-order valence-corrected chi connectivity index (χ4v) is 0.932. The van der Waals surface area contributed by atoms with Crippen molar-refractivity contribution in [2.24, 2.45) is 0 Å². The summed E-state index contributed by atoms with van der Waals surface area (Å²) in [6, 6.07) is 1.81. The van der Waals surface area contributed by atoms with E-state index in [0.717, 1.165) is 0 Å². The molecule has 0 fully saturated rings. The summed E-state index contributed by atoms with van der Waals surface area (Å²) in [7, 11) is 0. The highest BCUT2D eigenvalue weighted by molar-refractivity contribution is 5.80. The zero-order valence-electron chi connectivity index (χ0n) is 6.67. The Kier molecular flexibility index (Phi) is 2.82. The number of carbonyl (C=O) groups is 1. The first-order valence-electron chi connectivity index (χ1n) is 3.44. The van der Waals surface area contributed by atoms with Gasteiger partial charge < -0.3 is 0 Å². The van der Waals surface area contributed by atoms with Crippen LogP contribution in [0, 0.1) is 17.3 Å². The van der Waals surface area contributed by atoms with E-state index in [9.17, 15) is 18.0 Å². The van der Waals surface area contributed by atoms with Crippen LogP contribution in [-0.4, -0.2) is 11.3 Å². The molecule has 0 N–H and O–H groups in total. The summed E-state index contributed by atoms with van der Waals surface area (Å²) in [4.78, 5) is 13.4. The number of rotatable bonds is 2. The summed E-state index contributed by atoms with van der Waals surface area (Å²) in [6.07, 6.45) is -2.95. The summed E-state index contributed by atoms with van der Waals surface area (Å²) in [6.45, 7) is 0. The molecule has 0 saturated carbocycles. The molecule has 0 saturated heterocycles. The fourth-order valence-electron chi connectivity index (χ4n) is 0.932. The third-order valence-electron chi connectivity index (χ3n) is 1.52. The van der Waals surface area contributed by atoms with Crippen LogP contribution in [0.15, 0.2) is 6.07 Å².